The number of rotatable bonds is 3. The van der Waals surface area contributed by atoms with Crippen molar-refractivity contribution in [1.29, 1.82) is 0 Å². The van der Waals surface area contributed by atoms with Crippen molar-refractivity contribution in [2.24, 2.45) is 17.7 Å². The number of hydrazine groups is 1. The van der Waals surface area contributed by atoms with E-state index < -0.39 is 0 Å². The first-order valence-electron chi connectivity index (χ1n) is 6.53. The first kappa shape index (κ1) is 14.0. The van der Waals surface area contributed by atoms with Gasteiger partial charge in [-0.15, -0.1) is 0 Å². The van der Waals surface area contributed by atoms with Gasteiger partial charge in [0.25, 0.3) is 0 Å². The van der Waals surface area contributed by atoms with E-state index in [1.807, 2.05) is 6.07 Å². The molecule has 4 heteroatoms. The predicted molar refractivity (Wildman–Crippen MR) is 75.3 cm³/mol. The van der Waals surface area contributed by atoms with Gasteiger partial charge >= 0.3 is 0 Å². The normalized spacial score (nSPS) is 26.0. The molecule has 0 aromatic heterocycles. The molecule has 1 aromatic carbocycles. The molecular formula is C14H20BrFN2. The van der Waals surface area contributed by atoms with Crippen LogP contribution in [-0.2, 0) is 0 Å². The van der Waals surface area contributed by atoms with Crippen LogP contribution in [0.15, 0.2) is 22.7 Å². The Bertz CT molecular complexity index is 391. The van der Waals surface area contributed by atoms with Crippen LogP contribution in [0.4, 0.5) is 4.39 Å². The minimum atomic E-state index is -0.189. The van der Waals surface area contributed by atoms with E-state index in [0.717, 1.165) is 17.3 Å². The summed E-state index contributed by atoms with van der Waals surface area (Å²) in [5.41, 5.74) is 3.49. The standard InChI is InChI=1S/C14H20BrFN2/c1-9-4-2-5-10(8-9)14(18-17)13-11(15)6-3-7-12(13)16/h3,6-7,9-10,14,18H,2,4-5,8,17H2,1H3. The molecule has 2 rings (SSSR count). The van der Waals surface area contributed by atoms with E-state index >= 15 is 0 Å². The van der Waals surface area contributed by atoms with Crippen LogP contribution in [0.25, 0.3) is 0 Å². The van der Waals surface area contributed by atoms with Gasteiger partial charge in [-0.05, 0) is 36.8 Å². The molecule has 3 atom stereocenters. The van der Waals surface area contributed by atoms with Crippen molar-refractivity contribution in [2.75, 3.05) is 0 Å². The maximum absolute atomic E-state index is 14.0. The fourth-order valence-electron chi connectivity index (χ4n) is 3.05. The lowest BCUT2D eigenvalue weighted by Crippen LogP contribution is -2.36. The van der Waals surface area contributed by atoms with Gasteiger partial charge in [0.2, 0.25) is 0 Å². The number of halogens is 2. The van der Waals surface area contributed by atoms with Crippen molar-refractivity contribution < 1.29 is 4.39 Å². The minimum Gasteiger partial charge on any atom is -0.271 e. The SMILES string of the molecule is CC1CCCC(C(NN)c2c(F)cccc2Br)C1. The van der Waals surface area contributed by atoms with E-state index in [-0.39, 0.29) is 11.9 Å². The summed E-state index contributed by atoms with van der Waals surface area (Å²) < 4.78 is 14.8. The van der Waals surface area contributed by atoms with Crippen molar-refractivity contribution in [3.63, 3.8) is 0 Å². The Morgan fingerprint density at radius 1 is 1.44 bits per heavy atom. The molecule has 100 valence electrons. The van der Waals surface area contributed by atoms with Gasteiger partial charge < -0.3 is 0 Å². The number of hydrogen-bond donors (Lipinski definition) is 2. The molecular weight excluding hydrogens is 295 g/mol. The molecule has 0 aliphatic heterocycles. The second-order valence-electron chi connectivity index (χ2n) is 5.31. The summed E-state index contributed by atoms with van der Waals surface area (Å²) in [7, 11) is 0. The summed E-state index contributed by atoms with van der Waals surface area (Å²) in [6.45, 7) is 2.26. The summed E-state index contributed by atoms with van der Waals surface area (Å²) in [5.74, 6) is 6.60. The largest absolute Gasteiger partial charge is 0.271 e. The second kappa shape index (κ2) is 6.13. The van der Waals surface area contributed by atoms with E-state index in [0.29, 0.717) is 17.4 Å². The Labute approximate surface area is 116 Å². The van der Waals surface area contributed by atoms with Gasteiger partial charge in [-0.1, -0.05) is 41.8 Å². The summed E-state index contributed by atoms with van der Waals surface area (Å²) in [5, 5.41) is 0. The molecule has 1 fully saturated rings. The highest BCUT2D eigenvalue weighted by atomic mass is 79.9. The number of nitrogens with one attached hydrogen (secondary N) is 1. The average molecular weight is 315 g/mol. The van der Waals surface area contributed by atoms with Crippen LogP contribution in [0.5, 0.6) is 0 Å². The smallest absolute Gasteiger partial charge is 0.129 e. The minimum absolute atomic E-state index is 0.108. The van der Waals surface area contributed by atoms with Crippen LogP contribution in [0, 0.1) is 17.7 Å². The van der Waals surface area contributed by atoms with Gasteiger partial charge in [-0.2, -0.15) is 0 Å². The Hall–Kier alpha value is -0.450. The van der Waals surface area contributed by atoms with E-state index in [1.165, 1.54) is 18.9 Å². The van der Waals surface area contributed by atoms with Crippen LogP contribution in [0.3, 0.4) is 0 Å². The average Bonchev–Trinajstić information content (AvgIpc) is 2.34. The zero-order chi connectivity index (χ0) is 13.1. The predicted octanol–water partition coefficient (Wildman–Crippen LogP) is 3.92. The van der Waals surface area contributed by atoms with Gasteiger partial charge in [0.15, 0.2) is 0 Å². The number of nitrogens with two attached hydrogens (primary N) is 1. The van der Waals surface area contributed by atoms with Crippen LogP contribution in [-0.4, -0.2) is 0 Å². The Kier molecular flexibility index (Phi) is 4.76. The van der Waals surface area contributed by atoms with E-state index in [2.05, 4.69) is 28.3 Å². The fraction of sp³-hybridized carbons (Fsp3) is 0.571. The molecule has 0 bridgehead atoms. The van der Waals surface area contributed by atoms with Gasteiger partial charge in [0, 0.05) is 10.0 Å². The molecule has 1 aliphatic carbocycles. The summed E-state index contributed by atoms with van der Waals surface area (Å²) in [6, 6.07) is 4.97. The molecule has 0 radical (unpaired) electrons. The highest BCUT2D eigenvalue weighted by Gasteiger charge is 2.30. The van der Waals surface area contributed by atoms with Crippen molar-refractivity contribution in [2.45, 2.75) is 38.6 Å². The third-order valence-corrected chi connectivity index (χ3v) is 4.63. The van der Waals surface area contributed by atoms with Gasteiger partial charge in [-0.3, -0.25) is 11.3 Å². The first-order chi connectivity index (χ1) is 8.63. The van der Waals surface area contributed by atoms with Crippen molar-refractivity contribution in [1.82, 2.24) is 5.43 Å². The highest BCUT2D eigenvalue weighted by Crippen LogP contribution is 2.39. The van der Waals surface area contributed by atoms with Crippen molar-refractivity contribution in [3.05, 3.63) is 34.1 Å². The zero-order valence-electron chi connectivity index (χ0n) is 10.6. The molecule has 3 unspecified atom stereocenters. The Morgan fingerprint density at radius 3 is 2.83 bits per heavy atom. The lowest BCUT2D eigenvalue weighted by atomic mass is 9.77. The molecule has 3 N–H and O–H groups in total. The quantitative estimate of drug-likeness (QED) is 0.655. The van der Waals surface area contributed by atoms with E-state index in [9.17, 15) is 4.39 Å². The van der Waals surface area contributed by atoms with Gasteiger partial charge in [0.1, 0.15) is 5.82 Å². The lowest BCUT2D eigenvalue weighted by Gasteiger charge is -2.33. The summed E-state index contributed by atoms with van der Waals surface area (Å²) in [4.78, 5) is 0. The third-order valence-electron chi connectivity index (χ3n) is 3.94. The summed E-state index contributed by atoms with van der Waals surface area (Å²) >= 11 is 3.43. The highest BCUT2D eigenvalue weighted by molar-refractivity contribution is 9.10. The van der Waals surface area contributed by atoms with E-state index in [4.69, 9.17) is 5.84 Å². The number of hydrogen-bond acceptors (Lipinski definition) is 2. The molecule has 2 nitrogen and oxygen atoms in total. The van der Waals surface area contributed by atoms with Crippen LogP contribution in [0.2, 0.25) is 0 Å². The van der Waals surface area contributed by atoms with Crippen molar-refractivity contribution in [3.8, 4) is 0 Å². The van der Waals surface area contributed by atoms with Crippen LogP contribution in [0.1, 0.15) is 44.2 Å². The van der Waals surface area contributed by atoms with E-state index in [1.54, 1.807) is 6.07 Å². The first-order valence-corrected chi connectivity index (χ1v) is 7.32. The third kappa shape index (κ3) is 2.92. The molecule has 0 spiro atoms. The lowest BCUT2D eigenvalue weighted by molar-refractivity contribution is 0.221. The molecule has 1 saturated carbocycles. The molecule has 0 amide bonds. The second-order valence-corrected chi connectivity index (χ2v) is 6.17. The maximum atomic E-state index is 14.0. The van der Waals surface area contributed by atoms with Gasteiger partial charge in [-0.25, -0.2) is 4.39 Å². The maximum Gasteiger partial charge on any atom is 0.129 e. The summed E-state index contributed by atoms with van der Waals surface area (Å²) in [6.07, 6.45) is 4.69. The molecule has 1 aliphatic rings. The molecule has 18 heavy (non-hydrogen) atoms. The van der Waals surface area contributed by atoms with Crippen LogP contribution < -0.4 is 11.3 Å². The Balaban J connectivity index is 2.27. The number of benzene rings is 1. The molecule has 0 saturated heterocycles. The fourth-order valence-corrected chi connectivity index (χ4v) is 3.64. The van der Waals surface area contributed by atoms with Crippen LogP contribution >= 0.6 is 15.9 Å². The Morgan fingerprint density at radius 2 is 2.22 bits per heavy atom. The topological polar surface area (TPSA) is 38.0 Å². The molecule has 1 aromatic rings. The van der Waals surface area contributed by atoms with Crippen molar-refractivity contribution >= 4 is 15.9 Å². The molecule has 0 heterocycles. The monoisotopic (exact) mass is 314 g/mol. The zero-order valence-corrected chi connectivity index (χ0v) is 12.2. The van der Waals surface area contributed by atoms with Gasteiger partial charge in [0.05, 0.1) is 6.04 Å².